The summed E-state index contributed by atoms with van der Waals surface area (Å²) >= 11 is 11.9. The predicted octanol–water partition coefficient (Wildman–Crippen LogP) is 3.84. The maximum Gasteiger partial charge on any atom is 0.0469 e. The van der Waals surface area contributed by atoms with Crippen LogP contribution in [0, 0.1) is 5.92 Å². The van der Waals surface area contributed by atoms with Gasteiger partial charge >= 0.3 is 0 Å². The predicted molar refractivity (Wildman–Crippen MR) is 74.2 cm³/mol. The molecule has 1 aromatic rings. The highest BCUT2D eigenvalue weighted by Gasteiger charge is 2.22. The molecule has 0 amide bonds. The molecule has 1 aliphatic heterocycles. The molecular weight excluding hydrogens is 280 g/mol. The molecule has 0 unspecified atom stereocenters. The van der Waals surface area contributed by atoms with Crippen LogP contribution >= 0.6 is 35.6 Å². The van der Waals surface area contributed by atoms with Crippen LogP contribution in [0.15, 0.2) is 18.2 Å². The van der Waals surface area contributed by atoms with Gasteiger partial charge in [-0.3, -0.25) is 0 Å². The highest BCUT2D eigenvalue weighted by Crippen LogP contribution is 2.31. The Kier molecular flexibility index (Phi) is 6.04. The van der Waals surface area contributed by atoms with E-state index < -0.39 is 0 Å². The highest BCUT2D eigenvalue weighted by molar-refractivity contribution is 6.34. The largest absolute Gasteiger partial charge is 0.381 e. The molecule has 0 bridgehead atoms. The Morgan fingerprint density at radius 1 is 1.12 bits per heavy atom. The molecule has 2 rings (SSSR count). The Balaban J connectivity index is 0.00000144. The molecule has 1 atom stereocenters. The second kappa shape index (κ2) is 6.81. The number of hydrogen-bond acceptors (Lipinski definition) is 2. The van der Waals surface area contributed by atoms with Crippen LogP contribution in [0.1, 0.15) is 24.4 Å². The van der Waals surface area contributed by atoms with Gasteiger partial charge in [0.25, 0.3) is 0 Å². The number of benzene rings is 1. The first-order chi connectivity index (χ1) is 7.66. The minimum atomic E-state index is 0. The van der Waals surface area contributed by atoms with E-state index in [4.69, 9.17) is 33.7 Å². The Morgan fingerprint density at radius 2 is 1.65 bits per heavy atom. The molecule has 2 nitrogen and oxygen atoms in total. The second-order valence-electron chi connectivity index (χ2n) is 4.18. The van der Waals surface area contributed by atoms with E-state index in [0.29, 0.717) is 16.0 Å². The number of halogens is 3. The lowest BCUT2D eigenvalue weighted by Crippen LogP contribution is -2.27. The molecule has 1 aliphatic rings. The lowest BCUT2D eigenvalue weighted by Gasteiger charge is -2.28. The van der Waals surface area contributed by atoms with Gasteiger partial charge in [-0.2, -0.15) is 0 Å². The summed E-state index contributed by atoms with van der Waals surface area (Å²) in [6.07, 6.45) is 2.01. The summed E-state index contributed by atoms with van der Waals surface area (Å²) in [6.45, 7) is 1.60. The smallest absolute Gasteiger partial charge is 0.0469 e. The molecule has 0 spiro atoms. The zero-order chi connectivity index (χ0) is 11.5. The molecular formula is C12H16Cl3NO. The molecule has 1 heterocycles. The van der Waals surface area contributed by atoms with Crippen molar-refractivity contribution in [2.75, 3.05) is 13.2 Å². The van der Waals surface area contributed by atoms with Gasteiger partial charge in [-0.1, -0.05) is 23.2 Å². The summed E-state index contributed by atoms with van der Waals surface area (Å²) in [6, 6.07) is 5.52. The standard InChI is InChI=1S/C12H15Cl2NO.ClH/c13-10-5-9(6-11(14)7-10)12(15)8-1-3-16-4-2-8;/h5-8,12H,1-4,15H2;1H/t12-;/m1./s1. The monoisotopic (exact) mass is 295 g/mol. The fourth-order valence-corrected chi connectivity index (χ4v) is 2.66. The van der Waals surface area contributed by atoms with Gasteiger partial charge < -0.3 is 10.5 Å². The van der Waals surface area contributed by atoms with E-state index in [0.717, 1.165) is 31.6 Å². The van der Waals surface area contributed by atoms with Crippen LogP contribution in [-0.2, 0) is 4.74 Å². The molecule has 1 saturated heterocycles. The minimum absolute atomic E-state index is 0. The SMILES string of the molecule is Cl.N[C@@H](c1cc(Cl)cc(Cl)c1)C1CCOCC1. The zero-order valence-corrected chi connectivity index (χ0v) is 11.7. The van der Waals surface area contributed by atoms with Crippen LogP contribution in [-0.4, -0.2) is 13.2 Å². The van der Waals surface area contributed by atoms with Crippen molar-refractivity contribution in [3.63, 3.8) is 0 Å². The van der Waals surface area contributed by atoms with Gasteiger partial charge in [0.05, 0.1) is 0 Å². The van der Waals surface area contributed by atoms with Gasteiger partial charge in [0.1, 0.15) is 0 Å². The normalized spacial score (nSPS) is 18.5. The second-order valence-corrected chi connectivity index (χ2v) is 5.05. The third kappa shape index (κ3) is 4.01. The fourth-order valence-electron chi connectivity index (χ4n) is 2.11. The van der Waals surface area contributed by atoms with Crippen molar-refractivity contribution in [3.8, 4) is 0 Å². The van der Waals surface area contributed by atoms with Crippen LogP contribution < -0.4 is 5.73 Å². The Bertz CT molecular complexity index is 347. The van der Waals surface area contributed by atoms with E-state index >= 15 is 0 Å². The maximum atomic E-state index is 6.23. The van der Waals surface area contributed by atoms with Crippen LogP contribution in [0.25, 0.3) is 0 Å². The molecule has 0 radical (unpaired) electrons. The van der Waals surface area contributed by atoms with Crippen molar-refractivity contribution >= 4 is 35.6 Å². The molecule has 1 aromatic carbocycles. The number of hydrogen-bond donors (Lipinski definition) is 1. The molecule has 5 heteroatoms. The molecule has 96 valence electrons. The van der Waals surface area contributed by atoms with E-state index in [-0.39, 0.29) is 18.4 Å². The number of nitrogens with two attached hydrogens (primary N) is 1. The topological polar surface area (TPSA) is 35.2 Å². The van der Waals surface area contributed by atoms with Gasteiger partial charge in [-0.05, 0) is 42.5 Å². The fraction of sp³-hybridized carbons (Fsp3) is 0.500. The van der Waals surface area contributed by atoms with Gasteiger partial charge in [0.15, 0.2) is 0 Å². The number of ether oxygens (including phenoxy) is 1. The minimum Gasteiger partial charge on any atom is -0.381 e. The molecule has 17 heavy (non-hydrogen) atoms. The highest BCUT2D eigenvalue weighted by atomic mass is 35.5. The van der Waals surface area contributed by atoms with Gasteiger partial charge in [-0.25, -0.2) is 0 Å². The zero-order valence-electron chi connectivity index (χ0n) is 9.36. The van der Waals surface area contributed by atoms with E-state index in [1.54, 1.807) is 6.07 Å². The van der Waals surface area contributed by atoms with Gasteiger partial charge in [0, 0.05) is 29.3 Å². The summed E-state index contributed by atoms with van der Waals surface area (Å²) in [5, 5.41) is 1.29. The third-order valence-corrected chi connectivity index (χ3v) is 3.48. The van der Waals surface area contributed by atoms with Crippen molar-refractivity contribution in [1.82, 2.24) is 0 Å². The Labute approximate surface area is 118 Å². The summed E-state index contributed by atoms with van der Waals surface area (Å²) in [7, 11) is 0. The summed E-state index contributed by atoms with van der Waals surface area (Å²) in [5.74, 6) is 0.461. The van der Waals surface area contributed by atoms with Crippen molar-refractivity contribution in [3.05, 3.63) is 33.8 Å². The van der Waals surface area contributed by atoms with E-state index in [1.165, 1.54) is 0 Å². The van der Waals surface area contributed by atoms with Gasteiger partial charge in [-0.15, -0.1) is 12.4 Å². The Morgan fingerprint density at radius 3 is 2.18 bits per heavy atom. The summed E-state index contributed by atoms with van der Waals surface area (Å²) in [5.41, 5.74) is 7.25. The lowest BCUT2D eigenvalue weighted by atomic mass is 9.88. The quantitative estimate of drug-likeness (QED) is 0.900. The lowest BCUT2D eigenvalue weighted by molar-refractivity contribution is 0.0584. The van der Waals surface area contributed by atoms with Crippen molar-refractivity contribution in [2.45, 2.75) is 18.9 Å². The van der Waals surface area contributed by atoms with Crippen LogP contribution in [0.3, 0.4) is 0 Å². The van der Waals surface area contributed by atoms with Crippen LogP contribution in [0.5, 0.6) is 0 Å². The molecule has 0 saturated carbocycles. The van der Waals surface area contributed by atoms with E-state index in [1.807, 2.05) is 12.1 Å². The molecule has 0 aliphatic carbocycles. The van der Waals surface area contributed by atoms with Crippen molar-refractivity contribution < 1.29 is 4.74 Å². The first-order valence-electron chi connectivity index (χ1n) is 5.46. The molecule has 2 N–H and O–H groups in total. The number of rotatable bonds is 2. The van der Waals surface area contributed by atoms with E-state index in [9.17, 15) is 0 Å². The van der Waals surface area contributed by atoms with Crippen molar-refractivity contribution in [2.24, 2.45) is 11.7 Å². The molecule has 1 fully saturated rings. The first-order valence-corrected chi connectivity index (χ1v) is 6.22. The summed E-state index contributed by atoms with van der Waals surface area (Å²) < 4.78 is 5.33. The average molecular weight is 297 g/mol. The summed E-state index contributed by atoms with van der Waals surface area (Å²) in [4.78, 5) is 0. The van der Waals surface area contributed by atoms with E-state index in [2.05, 4.69) is 0 Å². The molecule has 0 aromatic heterocycles. The average Bonchev–Trinajstić information content (AvgIpc) is 2.28. The van der Waals surface area contributed by atoms with Crippen molar-refractivity contribution in [1.29, 1.82) is 0 Å². The Hall–Kier alpha value is 0.01000. The third-order valence-electron chi connectivity index (χ3n) is 3.04. The van der Waals surface area contributed by atoms with Crippen LogP contribution in [0.2, 0.25) is 10.0 Å². The van der Waals surface area contributed by atoms with Crippen LogP contribution in [0.4, 0.5) is 0 Å². The van der Waals surface area contributed by atoms with Gasteiger partial charge in [0.2, 0.25) is 0 Å². The first kappa shape index (κ1) is 15.1. The maximum absolute atomic E-state index is 6.23.